The summed E-state index contributed by atoms with van der Waals surface area (Å²) in [5, 5.41) is 11.0. The largest absolute Gasteiger partial charge is 0.493 e. The zero-order valence-electron chi connectivity index (χ0n) is 14.4. The minimum atomic E-state index is -0.912. The highest BCUT2D eigenvalue weighted by Gasteiger charge is 2.25. The molecule has 0 aliphatic carbocycles. The summed E-state index contributed by atoms with van der Waals surface area (Å²) in [6.07, 6.45) is -0.912. The fourth-order valence-corrected chi connectivity index (χ4v) is 3.07. The third-order valence-corrected chi connectivity index (χ3v) is 4.11. The van der Waals surface area contributed by atoms with Gasteiger partial charge in [0, 0.05) is 11.6 Å². The Hall–Kier alpha value is -2.53. The Labute approximate surface area is 141 Å². The Morgan fingerprint density at radius 3 is 2.42 bits per heavy atom. The summed E-state index contributed by atoms with van der Waals surface area (Å²) in [6.45, 7) is 4.15. The van der Waals surface area contributed by atoms with Gasteiger partial charge in [-0.15, -0.1) is 0 Å². The Bertz CT molecular complexity index is 855. The third-order valence-electron chi connectivity index (χ3n) is 4.11. The van der Waals surface area contributed by atoms with Gasteiger partial charge >= 0.3 is 0 Å². The first-order valence-corrected chi connectivity index (χ1v) is 7.94. The average Bonchev–Trinajstić information content (AvgIpc) is 2.99. The summed E-state index contributed by atoms with van der Waals surface area (Å²) in [5.74, 6) is 1.70. The number of nitrogens with zero attached hydrogens (tertiary/aromatic N) is 2. The fraction of sp³-hybridized carbons (Fsp3) is 0.316. The van der Waals surface area contributed by atoms with Crippen molar-refractivity contribution in [2.75, 3.05) is 14.2 Å². The van der Waals surface area contributed by atoms with E-state index < -0.39 is 6.10 Å². The molecule has 5 nitrogen and oxygen atoms in total. The van der Waals surface area contributed by atoms with Gasteiger partial charge in [0.15, 0.2) is 11.5 Å². The van der Waals surface area contributed by atoms with Crippen molar-refractivity contribution in [2.24, 2.45) is 0 Å². The van der Waals surface area contributed by atoms with Gasteiger partial charge in [0.25, 0.3) is 0 Å². The van der Waals surface area contributed by atoms with Gasteiger partial charge < -0.3 is 19.1 Å². The van der Waals surface area contributed by atoms with Gasteiger partial charge in [0.1, 0.15) is 11.9 Å². The lowest BCUT2D eigenvalue weighted by Gasteiger charge is -2.20. The van der Waals surface area contributed by atoms with E-state index in [1.807, 2.05) is 36.4 Å². The van der Waals surface area contributed by atoms with Crippen LogP contribution < -0.4 is 9.47 Å². The molecule has 0 bridgehead atoms. The van der Waals surface area contributed by atoms with Crippen molar-refractivity contribution in [2.45, 2.75) is 26.0 Å². The quantitative estimate of drug-likeness (QED) is 0.776. The van der Waals surface area contributed by atoms with Gasteiger partial charge in [0.05, 0.1) is 25.3 Å². The number of rotatable bonds is 5. The molecule has 0 unspecified atom stereocenters. The number of aliphatic hydroxyl groups excluding tert-OH is 1. The van der Waals surface area contributed by atoms with Crippen LogP contribution in [0.2, 0.25) is 0 Å². The number of hydrogen-bond donors (Lipinski definition) is 1. The van der Waals surface area contributed by atoms with Crippen LogP contribution in [-0.4, -0.2) is 28.9 Å². The summed E-state index contributed by atoms with van der Waals surface area (Å²) >= 11 is 0. The highest BCUT2D eigenvalue weighted by molar-refractivity contribution is 5.76. The van der Waals surface area contributed by atoms with E-state index in [2.05, 4.69) is 23.4 Å². The van der Waals surface area contributed by atoms with Crippen LogP contribution in [0.3, 0.4) is 0 Å². The van der Waals surface area contributed by atoms with E-state index in [1.54, 1.807) is 20.3 Å². The number of fused-ring (bicyclic) bond motifs is 1. The van der Waals surface area contributed by atoms with E-state index in [4.69, 9.17) is 9.47 Å². The van der Waals surface area contributed by atoms with E-state index in [0.29, 0.717) is 22.9 Å². The standard InChI is InChI=1S/C19H22N2O3/c1-12(2)21-15-10-6-5-9-14(15)20-19(21)17(22)13-8-7-11-16(23-3)18(13)24-4/h5-12,17,22H,1-4H3/t17-/m1/s1. The second kappa shape index (κ2) is 6.53. The summed E-state index contributed by atoms with van der Waals surface area (Å²) < 4.78 is 12.9. The second-order valence-electron chi connectivity index (χ2n) is 5.91. The molecule has 126 valence electrons. The van der Waals surface area contributed by atoms with Crippen molar-refractivity contribution in [3.8, 4) is 11.5 Å². The molecule has 0 saturated heterocycles. The van der Waals surface area contributed by atoms with Crippen LogP contribution in [0.5, 0.6) is 11.5 Å². The number of imidazole rings is 1. The molecule has 2 aromatic carbocycles. The molecule has 0 radical (unpaired) electrons. The van der Waals surface area contributed by atoms with Crippen molar-refractivity contribution in [3.63, 3.8) is 0 Å². The van der Waals surface area contributed by atoms with Crippen LogP contribution in [0.4, 0.5) is 0 Å². The minimum Gasteiger partial charge on any atom is -0.493 e. The van der Waals surface area contributed by atoms with Gasteiger partial charge in [-0.3, -0.25) is 0 Å². The van der Waals surface area contributed by atoms with E-state index in [9.17, 15) is 5.11 Å². The van der Waals surface area contributed by atoms with E-state index in [1.165, 1.54) is 0 Å². The molecule has 24 heavy (non-hydrogen) atoms. The summed E-state index contributed by atoms with van der Waals surface area (Å²) in [4.78, 5) is 4.66. The molecule has 1 heterocycles. The van der Waals surface area contributed by atoms with Crippen LogP contribution in [0.25, 0.3) is 11.0 Å². The molecule has 3 aromatic rings. The Morgan fingerprint density at radius 2 is 1.75 bits per heavy atom. The highest BCUT2D eigenvalue weighted by Crippen LogP contribution is 2.38. The molecule has 0 amide bonds. The maximum absolute atomic E-state index is 11.0. The molecule has 5 heteroatoms. The number of aliphatic hydroxyl groups is 1. The van der Waals surface area contributed by atoms with Crippen molar-refractivity contribution in [3.05, 3.63) is 53.9 Å². The monoisotopic (exact) mass is 326 g/mol. The zero-order valence-corrected chi connectivity index (χ0v) is 14.4. The minimum absolute atomic E-state index is 0.165. The topological polar surface area (TPSA) is 56.5 Å². The maximum Gasteiger partial charge on any atom is 0.166 e. The molecular formula is C19H22N2O3. The second-order valence-corrected chi connectivity index (χ2v) is 5.91. The highest BCUT2D eigenvalue weighted by atomic mass is 16.5. The molecule has 0 aliphatic heterocycles. The molecular weight excluding hydrogens is 304 g/mol. The van der Waals surface area contributed by atoms with Gasteiger partial charge in [0.2, 0.25) is 0 Å². The van der Waals surface area contributed by atoms with Crippen LogP contribution in [-0.2, 0) is 0 Å². The lowest BCUT2D eigenvalue weighted by atomic mass is 10.1. The van der Waals surface area contributed by atoms with Gasteiger partial charge in [-0.2, -0.15) is 0 Å². The zero-order chi connectivity index (χ0) is 17.3. The average molecular weight is 326 g/mol. The van der Waals surface area contributed by atoms with E-state index in [-0.39, 0.29) is 6.04 Å². The van der Waals surface area contributed by atoms with Gasteiger partial charge in [-0.05, 0) is 32.0 Å². The first-order chi connectivity index (χ1) is 11.6. The molecule has 3 rings (SSSR count). The Balaban J connectivity index is 2.19. The Kier molecular flexibility index (Phi) is 4.44. The summed E-state index contributed by atoms with van der Waals surface area (Å²) in [7, 11) is 3.15. The fourth-order valence-electron chi connectivity index (χ4n) is 3.07. The molecule has 1 aromatic heterocycles. The predicted octanol–water partition coefficient (Wildman–Crippen LogP) is 3.72. The summed E-state index contributed by atoms with van der Waals surface area (Å²) in [6, 6.07) is 13.5. The predicted molar refractivity (Wildman–Crippen MR) is 93.7 cm³/mol. The maximum atomic E-state index is 11.0. The van der Waals surface area contributed by atoms with Crippen molar-refractivity contribution in [1.82, 2.24) is 9.55 Å². The van der Waals surface area contributed by atoms with Crippen molar-refractivity contribution < 1.29 is 14.6 Å². The number of para-hydroxylation sites is 3. The van der Waals surface area contributed by atoms with E-state index >= 15 is 0 Å². The Morgan fingerprint density at radius 1 is 1.00 bits per heavy atom. The molecule has 0 saturated carbocycles. The van der Waals surface area contributed by atoms with Crippen molar-refractivity contribution >= 4 is 11.0 Å². The van der Waals surface area contributed by atoms with Crippen LogP contribution >= 0.6 is 0 Å². The lowest BCUT2D eigenvalue weighted by molar-refractivity contribution is 0.197. The first-order valence-electron chi connectivity index (χ1n) is 7.94. The molecule has 0 fully saturated rings. The van der Waals surface area contributed by atoms with Crippen LogP contribution in [0.1, 0.15) is 37.4 Å². The number of aromatic nitrogens is 2. The van der Waals surface area contributed by atoms with Crippen LogP contribution in [0.15, 0.2) is 42.5 Å². The lowest BCUT2D eigenvalue weighted by Crippen LogP contribution is -2.13. The SMILES string of the molecule is COc1cccc([C@@H](O)c2nc3ccccc3n2C(C)C)c1OC. The molecule has 1 N–H and O–H groups in total. The van der Waals surface area contributed by atoms with Crippen LogP contribution in [0, 0.1) is 0 Å². The van der Waals surface area contributed by atoms with Gasteiger partial charge in [-0.25, -0.2) is 4.98 Å². The molecule has 0 spiro atoms. The van der Waals surface area contributed by atoms with E-state index in [0.717, 1.165) is 11.0 Å². The number of hydrogen-bond acceptors (Lipinski definition) is 4. The normalized spacial score (nSPS) is 12.6. The number of benzene rings is 2. The number of methoxy groups -OCH3 is 2. The third kappa shape index (κ3) is 2.61. The molecule has 0 aliphatic rings. The summed E-state index contributed by atoms with van der Waals surface area (Å²) in [5.41, 5.74) is 2.50. The smallest absolute Gasteiger partial charge is 0.166 e. The first kappa shape index (κ1) is 16.3. The number of ether oxygens (including phenoxy) is 2. The van der Waals surface area contributed by atoms with Crippen molar-refractivity contribution in [1.29, 1.82) is 0 Å². The molecule has 1 atom stereocenters. The van der Waals surface area contributed by atoms with Gasteiger partial charge in [-0.1, -0.05) is 24.3 Å².